The van der Waals surface area contributed by atoms with Crippen LogP contribution in [0, 0.1) is 5.92 Å². The summed E-state index contributed by atoms with van der Waals surface area (Å²) in [6, 6.07) is 2.77. The first-order valence-corrected chi connectivity index (χ1v) is 5.58. The van der Waals surface area contributed by atoms with Crippen molar-refractivity contribution in [3.63, 3.8) is 0 Å². The molecule has 0 radical (unpaired) electrons. The normalized spacial score (nSPS) is 29.9. The van der Waals surface area contributed by atoms with Crippen molar-refractivity contribution in [1.29, 1.82) is 0 Å². The molecule has 1 saturated heterocycles. The number of pyridine rings is 1. The van der Waals surface area contributed by atoms with Crippen LogP contribution in [0.1, 0.15) is 19.3 Å². The van der Waals surface area contributed by atoms with Gasteiger partial charge in [0.25, 0.3) is 0 Å². The first kappa shape index (κ1) is 8.54. The van der Waals surface area contributed by atoms with Crippen molar-refractivity contribution in [1.82, 2.24) is 4.98 Å². The molecule has 1 aromatic heterocycles. The Labute approximate surface area is 88.9 Å². The summed E-state index contributed by atoms with van der Waals surface area (Å²) < 4.78 is 0. The molecule has 2 bridgehead atoms. The van der Waals surface area contributed by atoms with Crippen LogP contribution in [0.4, 0.5) is 5.69 Å². The van der Waals surface area contributed by atoms with Gasteiger partial charge in [-0.15, -0.1) is 0 Å². The number of rotatable bonds is 1. The Bertz CT molecular complexity index is 353. The molecule has 3 rings (SSSR count). The molecule has 0 aromatic carbocycles. The molecule has 0 N–H and O–H groups in total. The van der Waals surface area contributed by atoms with Crippen LogP contribution < -0.4 is 4.90 Å². The average Bonchev–Trinajstić information content (AvgIpc) is 2.79. The lowest BCUT2D eigenvalue weighted by molar-refractivity contribution is 0.553. The Morgan fingerprint density at radius 2 is 2.36 bits per heavy atom. The van der Waals surface area contributed by atoms with Crippen LogP contribution in [0.3, 0.4) is 0 Å². The fourth-order valence-electron chi connectivity index (χ4n) is 2.82. The van der Waals surface area contributed by atoms with Crippen molar-refractivity contribution >= 4 is 17.3 Å². The van der Waals surface area contributed by atoms with Crippen LogP contribution in [0.5, 0.6) is 0 Å². The van der Waals surface area contributed by atoms with Crippen molar-refractivity contribution < 1.29 is 0 Å². The van der Waals surface area contributed by atoms with E-state index in [0.29, 0.717) is 0 Å². The first-order chi connectivity index (χ1) is 6.84. The summed E-state index contributed by atoms with van der Waals surface area (Å²) in [7, 11) is 0. The highest BCUT2D eigenvalue weighted by atomic mass is 35.5. The fraction of sp³-hybridized carbons (Fsp3) is 0.545. The SMILES string of the molecule is Clc1cnccc1N1CC2CCC1C2. The molecule has 1 aliphatic carbocycles. The maximum Gasteiger partial charge on any atom is 0.0822 e. The lowest BCUT2D eigenvalue weighted by Gasteiger charge is -2.29. The summed E-state index contributed by atoms with van der Waals surface area (Å²) in [5.74, 6) is 0.907. The number of fused-ring (bicyclic) bond motifs is 2. The van der Waals surface area contributed by atoms with Crippen LogP contribution in [-0.4, -0.2) is 17.6 Å². The molecule has 74 valence electrons. The minimum Gasteiger partial charge on any atom is -0.367 e. The summed E-state index contributed by atoms with van der Waals surface area (Å²) >= 11 is 6.14. The monoisotopic (exact) mass is 208 g/mol. The van der Waals surface area contributed by atoms with Crippen molar-refractivity contribution in [2.45, 2.75) is 25.3 Å². The van der Waals surface area contributed by atoms with Gasteiger partial charge in [-0.1, -0.05) is 11.6 Å². The molecule has 1 saturated carbocycles. The number of hydrogen-bond donors (Lipinski definition) is 0. The number of piperidine rings is 1. The van der Waals surface area contributed by atoms with Crippen LogP contribution >= 0.6 is 11.6 Å². The Hall–Kier alpha value is -0.760. The molecule has 2 aliphatic rings. The molecule has 2 heterocycles. The van der Waals surface area contributed by atoms with Gasteiger partial charge in [0, 0.05) is 25.0 Å². The second kappa shape index (κ2) is 3.13. The second-order valence-electron chi connectivity index (χ2n) is 4.31. The number of halogens is 1. The molecule has 2 fully saturated rings. The third kappa shape index (κ3) is 1.21. The van der Waals surface area contributed by atoms with Crippen LogP contribution in [0.15, 0.2) is 18.5 Å². The molecule has 2 atom stereocenters. The van der Waals surface area contributed by atoms with Crippen LogP contribution in [0.25, 0.3) is 0 Å². The molecule has 2 unspecified atom stereocenters. The summed E-state index contributed by atoms with van der Waals surface area (Å²) in [6.45, 7) is 1.19. The molecular weight excluding hydrogens is 196 g/mol. The van der Waals surface area contributed by atoms with Crippen molar-refractivity contribution in [2.75, 3.05) is 11.4 Å². The quantitative estimate of drug-likeness (QED) is 0.706. The summed E-state index contributed by atoms with van der Waals surface area (Å²) in [5, 5.41) is 0.792. The van der Waals surface area contributed by atoms with Gasteiger partial charge in [0.05, 0.1) is 10.7 Å². The second-order valence-corrected chi connectivity index (χ2v) is 4.72. The Morgan fingerprint density at radius 3 is 3.00 bits per heavy atom. The highest BCUT2D eigenvalue weighted by Gasteiger charge is 2.38. The van der Waals surface area contributed by atoms with E-state index in [9.17, 15) is 0 Å². The number of hydrogen-bond acceptors (Lipinski definition) is 2. The smallest absolute Gasteiger partial charge is 0.0822 e. The molecule has 1 aromatic rings. The van der Waals surface area contributed by atoms with Gasteiger partial charge in [-0.05, 0) is 31.2 Å². The van der Waals surface area contributed by atoms with Crippen LogP contribution in [-0.2, 0) is 0 Å². The molecular formula is C11H13ClN2. The average molecular weight is 209 g/mol. The zero-order valence-electron chi connectivity index (χ0n) is 7.99. The molecule has 1 aliphatic heterocycles. The zero-order chi connectivity index (χ0) is 9.54. The van der Waals surface area contributed by atoms with E-state index in [2.05, 4.69) is 9.88 Å². The number of anilines is 1. The minimum atomic E-state index is 0.736. The lowest BCUT2D eigenvalue weighted by Crippen LogP contribution is -2.31. The maximum atomic E-state index is 6.14. The topological polar surface area (TPSA) is 16.1 Å². The van der Waals surface area contributed by atoms with Gasteiger partial charge in [-0.2, -0.15) is 0 Å². The highest BCUT2D eigenvalue weighted by molar-refractivity contribution is 6.33. The molecule has 0 amide bonds. The van der Waals surface area contributed by atoms with Crippen molar-refractivity contribution in [3.05, 3.63) is 23.5 Å². The molecule has 3 heteroatoms. The molecule has 0 spiro atoms. The lowest BCUT2D eigenvalue weighted by atomic mass is 10.1. The third-order valence-electron chi connectivity index (χ3n) is 3.47. The van der Waals surface area contributed by atoms with E-state index in [-0.39, 0.29) is 0 Å². The van der Waals surface area contributed by atoms with Gasteiger partial charge in [0.2, 0.25) is 0 Å². The maximum absolute atomic E-state index is 6.14. The Balaban J connectivity index is 1.93. The van der Waals surface area contributed by atoms with Gasteiger partial charge < -0.3 is 4.90 Å². The van der Waals surface area contributed by atoms with Gasteiger partial charge in [-0.3, -0.25) is 4.98 Å². The van der Waals surface area contributed by atoms with Crippen molar-refractivity contribution in [2.24, 2.45) is 5.92 Å². The van der Waals surface area contributed by atoms with Gasteiger partial charge >= 0.3 is 0 Å². The Morgan fingerprint density at radius 1 is 1.43 bits per heavy atom. The van der Waals surface area contributed by atoms with Crippen LogP contribution in [0.2, 0.25) is 5.02 Å². The van der Waals surface area contributed by atoms with E-state index in [1.807, 2.05) is 12.3 Å². The number of aromatic nitrogens is 1. The Kier molecular flexibility index (Phi) is 1.91. The van der Waals surface area contributed by atoms with E-state index in [4.69, 9.17) is 11.6 Å². The van der Waals surface area contributed by atoms with Gasteiger partial charge in [0.1, 0.15) is 0 Å². The third-order valence-corrected chi connectivity index (χ3v) is 3.76. The fourth-order valence-corrected chi connectivity index (χ4v) is 3.05. The molecule has 14 heavy (non-hydrogen) atoms. The first-order valence-electron chi connectivity index (χ1n) is 5.21. The summed E-state index contributed by atoms with van der Waals surface area (Å²) in [4.78, 5) is 6.48. The zero-order valence-corrected chi connectivity index (χ0v) is 8.74. The minimum absolute atomic E-state index is 0.736. The van der Waals surface area contributed by atoms with Crippen molar-refractivity contribution in [3.8, 4) is 0 Å². The summed E-state index contributed by atoms with van der Waals surface area (Å²) in [5.41, 5.74) is 1.17. The van der Waals surface area contributed by atoms with E-state index >= 15 is 0 Å². The highest BCUT2D eigenvalue weighted by Crippen LogP contribution is 2.41. The predicted molar refractivity (Wildman–Crippen MR) is 57.7 cm³/mol. The summed E-state index contributed by atoms with van der Waals surface area (Å²) in [6.07, 6.45) is 7.67. The predicted octanol–water partition coefficient (Wildman–Crippen LogP) is 2.72. The molecule has 2 nitrogen and oxygen atoms in total. The van der Waals surface area contributed by atoms with E-state index in [1.165, 1.54) is 31.5 Å². The van der Waals surface area contributed by atoms with E-state index < -0.39 is 0 Å². The van der Waals surface area contributed by atoms with Gasteiger partial charge in [0.15, 0.2) is 0 Å². The van der Waals surface area contributed by atoms with E-state index in [0.717, 1.165) is 17.0 Å². The number of nitrogens with zero attached hydrogens (tertiary/aromatic N) is 2. The van der Waals surface area contributed by atoms with Gasteiger partial charge in [-0.25, -0.2) is 0 Å². The standard InChI is InChI=1S/C11H13ClN2/c12-10-6-13-4-3-11(10)14-7-8-1-2-9(14)5-8/h3-4,6,8-9H,1-2,5,7H2. The van der Waals surface area contributed by atoms with E-state index in [1.54, 1.807) is 6.20 Å². The largest absolute Gasteiger partial charge is 0.367 e.